The van der Waals surface area contributed by atoms with Crippen LogP contribution in [0, 0.1) is 0 Å². The first-order valence-corrected chi connectivity index (χ1v) is 10.7. The van der Waals surface area contributed by atoms with Gasteiger partial charge in [0.15, 0.2) is 17.5 Å². The fourth-order valence-corrected chi connectivity index (χ4v) is 3.18. The number of aromatic nitrogens is 2. The smallest absolute Gasteiger partial charge is 0.191 e. The molecule has 0 atom stereocenters. The Morgan fingerprint density at radius 2 is 1.75 bits per heavy atom. The van der Waals surface area contributed by atoms with E-state index in [4.69, 9.17) is 9.47 Å². The standard InChI is InChI=1S/C24H31N5O2.HI/c1-4-30-21-12-11-18(15-22(21)31-5-2)13-14-26-24(25-3)28-17-23-27-16-20(29-23)19-9-7-6-8-10-19;/h6-12,15-16H,4-5,13-14,17H2,1-3H3,(H,27,29)(H2,25,26,28);1H. The second-order valence-electron chi connectivity index (χ2n) is 6.86. The Morgan fingerprint density at radius 3 is 2.47 bits per heavy atom. The van der Waals surface area contributed by atoms with Gasteiger partial charge in [0.05, 0.1) is 31.6 Å². The summed E-state index contributed by atoms with van der Waals surface area (Å²) in [5.41, 5.74) is 3.29. The van der Waals surface area contributed by atoms with Gasteiger partial charge in [-0.1, -0.05) is 36.4 Å². The Balaban J connectivity index is 0.00000363. The zero-order valence-corrected chi connectivity index (χ0v) is 21.2. The number of H-pyrrole nitrogens is 1. The molecule has 0 fully saturated rings. The molecule has 0 unspecified atom stereocenters. The van der Waals surface area contributed by atoms with Crippen molar-refractivity contribution < 1.29 is 9.47 Å². The molecule has 0 aliphatic carbocycles. The highest BCUT2D eigenvalue weighted by atomic mass is 127. The molecule has 3 N–H and O–H groups in total. The molecule has 0 bridgehead atoms. The molecule has 0 radical (unpaired) electrons. The van der Waals surface area contributed by atoms with E-state index in [0.29, 0.717) is 19.8 Å². The van der Waals surface area contributed by atoms with Gasteiger partial charge in [-0.2, -0.15) is 0 Å². The van der Waals surface area contributed by atoms with Crippen LogP contribution in [-0.2, 0) is 13.0 Å². The number of ether oxygens (including phenoxy) is 2. The zero-order chi connectivity index (χ0) is 21.9. The van der Waals surface area contributed by atoms with Gasteiger partial charge in [0.1, 0.15) is 5.82 Å². The molecule has 0 saturated carbocycles. The van der Waals surface area contributed by atoms with Gasteiger partial charge in [-0.15, -0.1) is 24.0 Å². The van der Waals surface area contributed by atoms with Crippen LogP contribution < -0.4 is 20.1 Å². The number of imidazole rings is 1. The molecule has 0 aliphatic heterocycles. The van der Waals surface area contributed by atoms with E-state index in [1.807, 2.05) is 50.4 Å². The van der Waals surface area contributed by atoms with Crippen molar-refractivity contribution in [2.75, 3.05) is 26.8 Å². The molecule has 3 rings (SSSR count). The van der Waals surface area contributed by atoms with Crippen molar-refractivity contribution in [3.63, 3.8) is 0 Å². The average Bonchev–Trinajstić information content (AvgIpc) is 3.28. The predicted molar refractivity (Wildman–Crippen MR) is 140 cm³/mol. The summed E-state index contributed by atoms with van der Waals surface area (Å²) >= 11 is 0. The fraction of sp³-hybridized carbons (Fsp3) is 0.333. The van der Waals surface area contributed by atoms with Crippen LogP contribution in [-0.4, -0.2) is 42.7 Å². The molecule has 172 valence electrons. The van der Waals surface area contributed by atoms with Crippen molar-refractivity contribution in [1.82, 2.24) is 20.6 Å². The Kier molecular flexibility index (Phi) is 10.9. The summed E-state index contributed by atoms with van der Waals surface area (Å²) in [5.74, 6) is 3.16. The van der Waals surface area contributed by atoms with Crippen LogP contribution in [0.2, 0.25) is 0 Å². The van der Waals surface area contributed by atoms with E-state index in [2.05, 4.69) is 43.8 Å². The third kappa shape index (κ3) is 7.44. The molecule has 0 spiro atoms. The van der Waals surface area contributed by atoms with Gasteiger partial charge in [0.2, 0.25) is 0 Å². The van der Waals surface area contributed by atoms with E-state index in [9.17, 15) is 0 Å². The van der Waals surface area contributed by atoms with Gasteiger partial charge in [-0.05, 0) is 43.5 Å². The lowest BCUT2D eigenvalue weighted by molar-refractivity contribution is 0.287. The minimum atomic E-state index is 0. The van der Waals surface area contributed by atoms with Gasteiger partial charge in [0, 0.05) is 13.6 Å². The minimum absolute atomic E-state index is 0. The topological polar surface area (TPSA) is 83.6 Å². The first kappa shape index (κ1) is 25.5. The molecule has 1 heterocycles. The van der Waals surface area contributed by atoms with E-state index < -0.39 is 0 Å². The average molecular weight is 549 g/mol. The Hall–Kier alpha value is -2.75. The maximum atomic E-state index is 5.71. The van der Waals surface area contributed by atoms with E-state index in [1.165, 1.54) is 5.56 Å². The van der Waals surface area contributed by atoms with Crippen molar-refractivity contribution in [3.05, 3.63) is 66.1 Å². The molecule has 3 aromatic rings. The molecular formula is C24H32IN5O2. The number of halogens is 1. The summed E-state index contributed by atoms with van der Waals surface area (Å²) in [6.45, 7) is 6.47. The Labute approximate surface area is 207 Å². The van der Waals surface area contributed by atoms with Crippen LogP contribution >= 0.6 is 24.0 Å². The molecule has 8 heteroatoms. The van der Waals surface area contributed by atoms with Crippen LogP contribution in [0.4, 0.5) is 0 Å². The molecule has 0 amide bonds. The highest BCUT2D eigenvalue weighted by Gasteiger charge is 2.07. The highest BCUT2D eigenvalue weighted by Crippen LogP contribution is 2.28. The van der Waals surface area contributed by atoms with E-state index >= 15 is 0 Å². The second-order valence-corrected chi connectivity index (χ2v) is 6.86. The Bertz CT molecular complexity index is 976. The van der Waals surface area contributed by atoms with Crippen molar-refractivity contribution in [2.24, 2.45) is 4.99 Å². The van der Waals surface area contributed by atoms with Crippen LogP contribution in [0.3, 0.4) is 0 Å². The first-order chi connectivity index (χ1) is 15.2. The first-order valence-electron chi connectivity index (χ1n) is 10.7. The van der Waals surface area contributed by atoms with Gasteiger partial charge in [0.25, 0.3) is 0 Å². The number of aromatic amines is 1. The highest BCUT2D eigenvalue weighted by molar-refractivity contribution is 14.0. The monoisotopic (exact) mass is 549 g/mol. The largest absolute Gasteiger partial charge is 0.490 e. The van der Waals surface area contributed by atoms with Crippen molar-refractivity contribution in [2.45, 2.75) is 26.8 Å². The number of benzene rings is 2. The summed E-state index contributed by atoms with van der Waals surface area (Å²) in [6, 6.07) is 16.2. The maximum Gasteiger partial charge on any atom is 0.191 e. The van der Waals surface area contributed by atoms with E-state index in [-0.39, 0.29) is 24.0 Å². The van der Waals surface area contributed by atoms with Gasteiger partial charge in [-0.3, -0.25) is 4.99 Å². The van der Waals surface area contributed by atoms with Crippen LogP contribution in [0.15, 0.2) is 59.7 Å². The fourth-order valence-electron chi connectivity index (χ4n) is 3.18. The quantitative estimate of drug-likeness (QED) is 0.199. The number of nitrogens with one attached hydrogen (secondary N) is 3. The summed E-state index contributed by atoms with van der Waals surface area (Å²) in [6.07, 6.45) is 2.69. The minimum Gasteiger partial charge on any atom is -0.490 e. The van der Waals surface area contributed by atoms with Crippen LogP contribution in [0.5, 0.6) is 11.5 Å². The summed E-state index contributed by atoms with van der Waals surface area (Å²) in [4.78, 5) is 12.1. The normalized spacial score (nSPS) is 10.9. The van der Waals surface area contributed by atoms with Crippen molar-refractivity contribution in [3.8, 4) is 22.8 Å². The summed E-state index contributed by atoms with van der Waals surface area (Å²) in [7, 11) is 1.76. The predicted octanol–water partition coefficient (Wildman–Crippen LogP) is 4.40. The molecule has 32 heavy (non-hydrogen) atoms. The molecule has 7 nitrogen and oxygen atoms in total. The number of aliphatic imine (C=N–C) groups is 1. The summed E-state index contributed by atoms with van der Waals surface area (Å²) in [5, 5.41) is 6.64. The number of guanidine groups is 1. The lowest BCUT2D eigenvalue weighted by atomic mass is 10.1. The third-order valence-corrected chi connectivity index (χ3v) is 4.67. The number of hydrogen-bond donors (Lipinski definition) is 3. The summed E-state index contributed by atoms with van der Waals surface area (Å²) < 4.78 is 11.3. The van der Waals surface area contributed by atoms with Gasteiger partial charge < -0.3 is 25.1 Å². The number of rotatable bonds is 10. The molecule has 2 aromatic carbocycles. The van der Waals surface area contributed by atoms with Gasteiger partial charge >= 0.3 is 0 Å². The third-order valence-electron chi connectivity index (χ3n) is 4.67. The van der Waals surface area contributed by atoms with E-state index in [0.717, 1.165) is 47.5 Å². The second kappa shape index (κ2) is 13.6. The van der Waals surface area contributed by atoms with Crippen LogP contribution in [0.1, 0.15) is 25.2 Å². The van der Waals surface area contributed by atoms with E-state index in [1.54, 1.807) is 7.05 Å². The molecule has 0 saturated heterocycles. The molecular weight excluding hydrogens is 517 g/mol. The van der Waals surface area contributed by atoms with Gasteiger partial charge in [-0.25, -0.2) is 4.98 Å². The lowest BCUT2D eigenvalue weighted by Gasteiger charge is -2.14. The number of nitrogens with zero attached hydrogens (tertiary/aromatic N) is 2. The van der Waals surface area contributed by atoms with Crippen molar-refractivity contribution in [1.29, 1.82) is 0 Å². The van der Waals surface area contributed by atoms with Crippen molar-refractivity contribution >= 4 is 29.9 Å². The molecule has 0 aliphatic rings. The number of hydrogen-bond acceptors (Lipinski definition) is 4. The Morgan fingerprint density at radius 1 is 1.00 bits per heavy atom. The van der Waals surface area contributed by atoms with Crippen LogP contribution in [0.25, 0.3) is 11.3 Å². The maximum absolute atomic E-state index is 5.71. The SMILES string of the molecule is CCOc1ccc(CCNC(=NC)NCc2ncc(-c3ccccc3)[nH]2)cc1OCC.I. The lowest BCUT2D eigenvalue weighted by Crippen LogP contribution is -2.38. The molecule has 1 aromatic heterocycles. The zero-order valence-electron chi connectivity index (χ0n) is 18.9.